The molecule has 102 valence electrons. The predicted molar refractivity (Wildman–Crippen MR) is 71.9 cm³/mol. The Balaban J connectivity index is 1.97. The Morgan fingerprint density at radius 2 is 1.85 bits per heavy atom. The van der Waals surface area contributed by atoms with Gasteiger partial charge in [-0.05, 0) is 42.8 Å². The first kappa shape index (κ1) is 13.6. The molecule has 5 heteroatoms. The van der Waals surface area contributed by atoms with Gasteiger partial charge in [0.2, 0.25) is 5.91 Å². The normalized spacial score (nSPS) is 10.7. The van der Waals surface area contributed by atoms with E-state index >= 15 is 0 Å². The summed E-state index contributed by atoms with van der Waals surface area (Å²) < 4.78 is 5.29. The lowest BCUT2D eigenvalue weighted by atomic mass is 10.2. The molecule has 1 amide bonds. The highest BCUT2D eigenvalue weighted by atomic mass is 16.4. The minimum absolute atomic E-state index is 0.0598. The Labute approximate surface area is 115 Å². The first-order chi connectivity index (χ1) is 9.54. The SMILES string of the molecule is Cc1ccc(/C=C/C(=O)Nc2ccc(C(=O)[O-])cc2)o1. The molecule has 1 heterocycles. The molecule has 0 unspecified atom stereocenters. The molecule has 0 aliphatic heterocycles. The number of carboxylic acids is 1. The van der Waals surface area contributed by atoms with Gasteiger partial charge in [0, 0.05) is 11.8 Å². The lowest BCUT2D eigenvalue weighted by Crippen LogP contribution is -2.22. The number of carbonyl (C=O) groups excluding carboxylic acids is 2. The van der Waals surface area contributed by atoms with Gasteiger partial charge in [-0.1, -0.05) is 12.1 Å². The third-order valence-corrected chi connectivity index (χ3v) is 2.55. The first-order valence-electron chi connectivity index (χ1n) is 5.91. The highest BCUT2D eigenvalue weighted by molar-refractivity contribution is 6.02. The van der Waals surface area contributed by atoms with Crippen molar-refractivity contribution in [2.75, 3.05) is 5.32 Å². The molecular formula is C15H12NO4-. The van der Waals surface area contributed by atoms with E-state index in [0.29, 0.717) is 11.4 Å². The van der Waals surface area contributed by atoms with Crippen LogP contribution in [0.3, 0.4) is 0 Å². The fraction of sp³-hybridized carbons (Fsp3) is 0.0667. The number of rotatable bonds is 4. The summed E-state index contributed by atoms with van der Waals surface area (Å²) in [5.74, 6) is -0.232. The number of benzene rings is 1. The van der Waals surface area contributed by atoms with Crippen LogP contribution in [0.25, 0.3) is 6.08 Å². The molecule has 2 aromatic rings. The van der Waals surface area contributed by atoms with Gasteiger partial charge in [0.25, 0.3) is 0 Å². The number of anilines is 1. The summed E-state index contributed by atoms with van der Waals surface area (Å²) in [6.45, 7) is 1.82. The molecule has 0 bridgehead atoms. The van der Waals surface area contributed by atoms with Crippen molar-refractivity contribution in [2.24, 2.45) is 0 Å². The molecule has 0 atom stereocenters. The standard InChI is InChI=1S/C15H13NO4/c1-10-2-7-13(20-10)8-9-14(17)16-12-5-3-11(4-6-12)15(18)19/h2-9H,1H3,(H,16,17)(H,18,19)/p-1/b9-8+. The topological polar surface area (TPSA) is 82.4 Å². The Bertz CT molecular complexity index is 653. The molecule has 0 fully saturated rings. The molecule has 0 spiro atoms. The van der Waals surface area contributed by atoms with E-state index in [1.165, 1.54) is 30.3 Å². The van der Waals surface area contributed by atoms with Crippen LogP contribution in [-0.4, -0.2) is 11.9 Å². The summed E-state index contributed by atoms with van der Waals surface area (Å²) in [6.07, 6.45) is 2.89. The zero-order valence-electron chi connectivity index (χ0n) is 10.8. The van der Waals surface area contributed by atoms with Crippen LogP contribution >= 0.6 is 0 Å². The van der Waals surface area contributed by atoms with Crippen molar-refractivity contribution in [3.05, 3.63) is 59.6 Å². The van der Waals surface area contributed by atoms with Gasteiger partial charge in [-0.15, -0.1) is 0 Å². The van der Waals surface area contributed by atoms with E-state index in [9.17, 15) is 14.7 Å². The van der Waals surface area contributed by atoms with Gasteiger partial charge in [0.15, 0.2) is 0 Å². The van der Waals surface area contributed by atoms with Crippen molar-refractivity contribution < 1.29 is 19.1 Å². The summed E-state index contributed by atoms with van der Waals surface area (Å²) in [6, 6.07) is 9.28. The van der Waals surface area contributed by atoms with Gasteiger partial charge >= 0.3 is 0 Å². The summed E-state index contributed by atoms with van der Waals surface area (Å²) in [4.78, 5) is 22.2. The predicted octanol–water partition coefficient (Wildman–Crippen LogP) is 1.60. The second kappa shape index (κ2) is 5.88. The van der Waals surface area contributed by atoms with E-state index in [2.05, 4.69) is 5.32 Å². The maximum atomic E-state index is 11.6. The molecular weight excluding hydrogens is 258 g/mol. The summed E-state index contributed by atoms with van der Waals surface area (Å²) in [5, 5.41) is 13.2. The number of nitrogens with one attached hydrogen (secondary N) is 1. The van der Waals surface area contributed by atoms with Gasteiger partial charge < -0.3 is 19.6 Å². The molecule has 0 radical (unpaired) electrons. The van der Waals surface area contributed by atoms with Crippen molar-refractivity contribution in [3.63, 3.8) is 0 Å². The maximum Gasteiger partial charge on any atom is 0.248 e. The number of aromatic carboxylic acids is 1. The third-order valence-electron chi connectivity index (χ3n) is 2.55. The van der Waals surface area contributed by atoms with Crippen molar-refractivity contribution in [1.29, 1.82) is 0 Å². The molecule has 1 aromatic heterocycles. The van der Waals surface area contributed by atoms with E-state index < -0.39 is 5.97 Å². The molecule has 0 aliphatic rings. The minimum atomic E-state index is -1.25. The molecule has 2 rings (SSSR count). The molecule has 1 aromatic carbocycles. The summed E-state index contributed by atoms with van der Waals surface area (Å²) in [5.41, 5.74) is 0.560. The fourth-order valence-corrected chi connectivity index (χ4v) is 1.57. The van der Waals surface area contributed by atoms with E-state index in [4.69, 9.17) is 4.42 Å². The van der Waals surface area contributed by atoms with Gasteiger partial charge in [-0.3, -0.25) is 4.79 Å². The Hall–Kier alpha value is -2.82. The van der Waals surface area contributed by atoms with E-state index in [1.807, 2.05) is 6.92 Å². The van der Waals surface area contributed by atoms with Gasteiger partial charge in [0.1, 0.15) is 11.5 Å². The van der Waals surface area contributed by atoms with Crippen LogP contribution in [0.5, 0.6) is 0 Å². The Kier molecular flexibility index (Phi) is 4.00. The zero-order chi connectivity index (χ0) is 14.5. The number of carbonyl (C=O) groups is 2. The number of aryl methyl sites for hydroxylation is 1. The van der Waals surface area contributed by atoms with Crippen LogP contribution in [-0.2, 0) is 4.79 Å². The van der Waals surface area contributed by atoms with Crippen LogP contribution in [0.2, 0.25) is 0 Å². The van der Waals surface area contributed by atoms with Crippen molar-refractivity contribution in [1.82, 2.24) is 0 Å². The fourth-order valence-electron chi connectivity index (χ4n) is 1.57. The molecule has 0 saturated heterocycles. The lowest BCUT2D eigenvalue weighted by molar-refractivity contribution is -0.255. The summed E-state index contributed by atoms with van der Waals surface area (Å²) >= 11 is 0. The number of carboxylic acid groups (broad SMARTS) is 1. The van der Waals surface area contributed by atoms with Crippen molar-refractivity contribution >= 4 is 23.6 Å². The number of amides is 1. The van der Waals surface area contributed by atoms with Crippen LogP contribution in [0.1, 0.15) is 21.9 Å². The lowest BCUT2D eigenvalue weighted by Gasteiger charge is -2.05. The highest BCUT2D eigenvalue weighted by Crippen LogP contribution is 2.10. The van der Waals surface area contributed by atoms with Crippen LogP contribution in [0.4, 0.5) is 5.69 Å². The van der Waals surface area contributed by atoms with Crippen LogP contribution in [0.15, 0.2) is 46.9 Å². The van der Waals surface area contributed by atoms with E-state index in [1.54, 1.807) is 18.2 Å². The summed E-state index contributed by atoms with van der Waals surface area (Å²) in [7, 11) is 0. The average molecular weight is 270 g/mol. The maximum absolute atomic E-state index is 11.6. The molecule has 1 N–H and O–H groups in total. The van der Waals surface area contributed by atoms with E-state index in [-0.39, 0.29) is 11.5 Å². The second-order valence-corrected chi connectivity index (χ2v) is 4.14. The first-order valence-corrected chi connectivity index (χ1v) is 5.91. The molecule has 20 heavy (non-hydrogen) atoms. The van der Waals surface area contributed by atoms with Crippen LogP contribution in [0, 0.1) is 6.92 Å². The highest BCUT2D eigenvalue weighted by Gasteiger charge is 2.00. The minimum Gasteiger partial charge on any atom is -0.545 e. The Morgan fingerprint density at radius 1 is 1.15 bits per heavy atom. The van der Waals surface area contributed by atoms with Crippen molar-refractivity contribution in [2.45, 2.75) is 6.92 Å². The van der Waals surface area contributed by atoms with Gasteiger partial charge in [-0.2, -0.15) is 0 Å². The molecule has 0 aliphatic carbocycles. The Morgan fingerprint density at radius 3 is 2.40 bits per heavy atom. The smallest absolute Gasteiger partial charge is 0.248 e. The van der Waals surface area contributed by atoms with Gasteiger partial charge in [0.05, 0.1) is 5.97 Å². The number of furan rings is 1. The monoisotopic (exact) mass is 270 g/mol. The average Bonchev–Trinajstić information content (AvgIpc) is 2.83. The second-order valence-electron chi connectivity index (χ2n) is 4.14. The quantitative estimate of drug-likeness (QED) is 0.855. The van der Waals surface area contributed by atoms with Gasteiger partial charge in [-0.25, -0.2) is 0 Å². The molecule has 5 nitrogen and oxygen atoms in total. The number of hydrogen-bond donors (Lipinski definition) is 1. The van der Waals surface area contributed by atoms with E-state index in [0.717, 1.165) is 5.76 Å². The molecule has 0 saturated carbocycles. The van der Waals surface area contributed by atoms with Crippen LogP contribution < -0.4 is 10.4 Å². The number of hydrogen-bond acceptors (Lipinski definition) is 4. The van der Waals surface area contributed by atoms with Crippen molar-refractivity contribution in [3.8, 4) is 0 Å². The largest absolute Gasteiger partial charge is 0.545 e. The zero-order valence-corrected chi connectivity index (χ0v) is 10.8. The third kappa shape index (κ3) is 3.58.